The van der Waals surface area contributed by atoms with Crippen LogP contribution in [0, 0.1) is 5.41 Å². The Morgan fingerprint density at radius 2 is 1.84 bits per heavy atom. The van der Waals surface area contributed by atoms with Crippen molar-refractivity contribution in [1.29, 1.82) is 0 Å². The van der Waals surface area contributed by atoms with Crippen LogP contribution in [0.15, 0.2) is 5.16 Å². The molecular weight excluding hydrogens is 259 g/mol. The van der Waals surface area contributed by atoms with E-state index in [9.17, 15) is 13.2 Å². The van der Waals surface area contributed by atoms with Crippen LogP contribution in [0.4, 0.5) is 13.2 Å². The number of nitrogens with zero attached hydrogens (tertiary/aromatic N) is 2. The number of hydrogen-bond acceptors (Lipinski definition) is 3. The second-order valence-corrected chi connectivity index (χ2v) is 5.36. The third kappa shape index (κ3) is 7.92. The molecule has 0 aliphatic carbocycles. The predicted molar refractivity (Wildman–Crippen MR) is 69.2 cm³/mol. The Hall–Kier alpha value is -0.980. The summed E-state index contributed by atoms with van der Waals surface area (Å²) in [6, 6.07) is 0. The van der Waals surface area contributed by atoms with Crippen LogP contribution in [-0.2, 0) is 0 Å². The fourth-order valence-corrected chi connectivity index (χ4v) is 1.85. The maximum absolute atomic E-state index is 12.4. The van der Waals surface area contributed by atoms with Crippen LogP contribution in [0.3, 0.4) is 0 Å². The van der Waals surface area contributed by atoms with E-state index in [1.807, 2.05) is 6.92 Å². The van der Waals surface area contributed by atoms with Gasteiger partial charge in [0.05, 0.1) is 6.54 Å². The lowest BCUT2D eigenvalue weighted by Crippen LogP contribution is -2.37. The van der Waals surface area contributed by atoms with E-state index >= 15 is 0 Å². The minimum atomic E-state index is -4.17. The van der Waals surface area contributed by atoms with E-state index in [4.69, 9.17) is 10.9 Å². The van der Waals surface area contributed by atoms with Crippen LogP contribution in [0.5, 0.6) is 0 Å². The van der Waals surface area contributed by atoms with E-state index in [2.05, 4.69) is 5.16 Å². The Morgan fingerprint density at radius 3 is 2.26 bits per heavy atom. The van der Waals surface area contributed by atoms with Crippen molar-refractivity contribution in [2.24, 2.45) is 16.3 Å². The highest BCUT2D eigenvalue weighted by Crippen LogP contribution is 2.23. The van der Waals surface area contributed by atoms with E-state index in [1.54, 1.807) is 13.8 Å². The van der Waals surface area contributed by atoms with Crippen molar-refractivity contribution in [3.63, 3.8) is 0 Å². The lowest BCUT2D eigenvalue weighted by molar-refractivity contribution is -0.146. The number of amidine groups is 1. The molecule has 0 bridgehead atoms. The topological polar surface area (TPSA) is 61.8 Å². The maximum atomic E-state index is 12.4. The van der Waals surface area contributed by atoms with Gasteiger partial charge in [-0.15, -0.1) is 0 Å². The number of oxime groups is 1. The molecule has 0 aliphatic rings. The molecule has 7 heteroatoms. The minimum Gasteiger partial charge on any atom is -0.409 e. The summed E-state index contributed by atoms with van der Waals surface area (Å²) < 4.78 is 37.1. The second-order valence-electron chi connectivity index (χ2n) is 5.36. The van der Waals surface area contributed by atoms with Gasteiger partial charge >= 0.3 is 6.18 Å². The van der Waals surface area contributed by atoms with Gasteiger partial charge in [-0.2, -0.15) is 13.2 Å². The monoisotopic (exact) mass is 283 g/mol. The number of rotatable bonds is 8. The number of alkyl halides is 3. The largest absolute Gasteiger partial charge is 0.409 e. The van der Waals surface area contributed by atoms with E-state index < -0.39 is 18.1 Å². The quantitative estimate of drug-likeness (QED) is 0.312. The van der Waals surface area contributed by atoms with Gasteiger partial charge in [-0.3, -0.25) is 4.90 Å². The summed E-state index contributed by atoms with van der Waals surface area (Å²) in [5, 5.41) is 11.6. The van der Waals surface area contributed by atoms with Gasteiger partial charge < -0.3 is 10.9 Å². The zero-order valence-electron chi connectivity index (χ0n) is 11.8. The molecule has 114 valence electrons. The molecule has 0 amide bonds. The van der Waals surface area contributed by atoms with E-state index in [-0.39, 0.29) is 5.84 Å². The highest BCUT2D eigenvalue weighted by molar-refractivity contribution is 5.85. The highest BCUT2D eigenvalue weighted by atomic mass is 19.4. The van der Waals surface area contributed by atoms with E-state index in [1.165, 1.54) is 4.90 Å². The lowest BCUT2D eigenvalue weighted by Gasteiger charge is -2.26. The fourth-order valence-electron chi connectivity index (χ4n) is 1.85. The first-order valence-corrected chi connectivity index (χ1v) is 6.39. The van der Waals surface area contributed by atoms with Crippen LogP contribution in [0.1, 0.15) is 40.0 Å². The van der Waals surface area contributed by atoms with Crippen molar-refractivity contribution in [3.8, 4) is 0 Å². The Kier molecular flexibility index (Phi) is 7.18. The molecule has 0 radical (unpaired) electrons. The predicted octanol–water partition coefficient (Wildman–Crippen LogP) is 2.81. The molecule has 0 aliphatic heterocycles. The number of nitrogens with two attached hydrogens (primary N) is 1. The molecule has 0 aromatic rings. The summed E-state index contributed by atoms with van der Waals surface area (Å²) in [6.45, 7) is 5.35. The molecule has 0 atom stereocenters. The van der Waals surface area contributed by atoms with Crippen molar-refractivity contribution in [2.45, 2.75) is 46.2 Å². The zero-order chi connectivity index (χ0) is 15.1. The molecule has 0 rings (SSSR count). The fraction of sp³-hybridized carbons (Fsp3) is 0.917. The maximum Gasteiger partial charge on any atom is 0.401 e. The molecule has 0 heterocycles. The Balaban J connectivity index is 4.27. The van der Waals surface area contributed by atoms with Gasteiger partial charge in [0.15, 0.2) is 0 Å². The average Bonchev–Trinajstić information content (AvgIpc) is 2.25. The molecule has 0 saturated carbocycles. The van der Waals surface area contributed by atoms with Crippen molar-refractivity contribution in [3.05, 3.63) is 0 Å². The van der Waals surface area contributed by atoms with Gasteiger partial charge in [-0.05, 0) is 32.4 Å². The van der Waals surface area contributed by atoms with Gasteiger partial charge in [0, 0.05) is 5.41 Å². The highest BCUT2D eigenvalue weighted by Gasteiger charge is 2.30. The number of halogens is 3. The zero-order valence-corrected chi connectivity index (χ0v) is 11.8. The summed E-state index contributed by atoms with van der Waals surface area (Å²) in [5.41, 5.74) is 5.03. The van der Waals surface area contributed by atoms with Crippen LogP contribution >= 0.6 is 0 Å². The molecule has 0 spiro atoms. The van der Waals surface area contributed by atoms with Gasteiger partial charge in [0.1, 0.15) is 5.84 Å². The smallest absolute Gasteiger partial charge is 0.401 e. The molecule has 0 unspecified atom stereocenters. The minimum absolute atomic E-state index is 0.102. The van der Waals surface area contributed by atoms with Crippen LogP contribution in [-0.4, -0.2) is 41.8 Å². The van der Waals surface area contributed by atoms with Crippen molar-refractivity contribution in [2.75, 3.05) is 19.6 Å². The SMILES string of the molecule is CCCN(CCCC(C)(C)C(N)=NO)CC(F)(F)F. The third-order valence-corrected chi connectivity index (χ3v) is 3.02. The van der Waals surface area contributed by atoms with Gasteiger partial charge in [0.2, 0.25) is 0 Å². The third-order valence-electron chi connectivity index (χ3n) is 3.02. The molecule has 3 N–H and O–H groups in total. The molecular formula is C12H24F3N3O. The first-order valence-electron chi connectivity index (χ1n) is 6.39. The second kappa shape index (κ2) is 7.57. The first-order chi connectivity index (χ1) is 8.62. The van der Waals surface area contributed by atoms with Crippen LogP contribution in [0.2, 0.25) is 0 Å². The molecule has 0 saturated heterocycles. The van der Waals surface area contributed by atoms with Crippen molar-refractivity contribution < 1.29 is 18.4 Å². The van der Waals surface area contributed by atoms with E-state index in [0.717, 1.165) is 0 Å². The van der Waals surface area contributed by atoms with Crippen LogP contribution in [0.25, 0.3) is 0 Å². The summed E-state index contributed by atoms with van der Waals surface area (Å²) in [6.07, 6.45) is -2.35. The van der Waals surface area contributed by atoms with E-state index in [0.29, 0.717) is 32.4 Å². The normalized spacial score (nSPS) is 14.2. The molecule has 0 aromatic carbocycles. The first kappa shape index (κ1) is 18.0. The van der Waals surface area contributed by atoms with Gasteiger partial charge in [-0.1, -0.05) is 25.9 Å². The summed E-state index contributed by atoms with van der Waals surface area (Å²) >= 11 is 0. The summed E-state index contributed by atoms with van der Waals surface area (Å²) in [5.74, 6) is 0.102. The molecule has 19 heavy (non-hydrogen) atoms. The van der Waals surface area contributed by atoms with Gasteiger partial charge in [0.25, 0.3) is 0 Å². The van der Waals surface area contributed by atoms with Crippen molar-refractivity contribution >= 4 is 5.84 Å². The van der Waals surface area contributed by atoms with Crippen molar-refractivity contribution in [1.82, 2.24) is 4.90 Å². The average molecular weight is 283 g/mol. The molecule has 0 aromatic heterocycles. The molecule has 0 fully saturated rings. The Labute approximate surface area is 112 Å². The lowest BCUT2D eigenvalue weighted by atomic mass is 9.86. The number of hydrogen-bond donors (Lipinski definition) is 2. The van der Waals surface area contributed by atoms with Crippen LogP contribution < -0.4 is 5.73 Å². The molecule has 4 nitrogen and oxygen atoms in total. The summed E-state index contributed by atoms with van der Waals surface area (Å²) in [4.78, 5) is 1.39. The summed E-state index contributed by atoms with van der Waals surface area (Å²) in [7, 11) is 0. The Morgan fingerprint density at radius 1 is 1.26 bits per heavy atom. The standard InChI is InChI=1S/C12H24F3N3O/c1-4-7-18(9-12(13,14)15)8-5-6-11(2,3)10(16)17-19/h19H,4-9H2,1-3H3,(H2,16,17). The van der Waals surface area contributed by atoms with Gasteiger partial charge in [-0.25, -0.2) is 0 Å². The Bertz CT molecular complexity index is 290.